The smallest absolute Gasteiger partial charge is 0.399 e. The Morgan fingerprint density at radius 3 is 2.18 bits per heavy atom. The van der Waals surface area contributed by atoms with E-state index in [1.807, 2.05) is 0 Å². The van der Waals surface area contributed by atoms with E-state index in [0.717, 1.165) is 5.56 Å². The Kier molecular flexibility index (Phi) is 4.97. The Labute approximate surface area is 129 Å². The zero-order valence-electron chi connectivity index (χ0n) is 11.4. The van der Waals surface area contributed by atoms with Crippen molar-refractivity contribution in [2.24, 2.45) is 0 Å². The number of carbonyl (C=O) groups excluding carboxylic acids is 1. The van der Waals surface area contributed by atoms with E-state index in [0.29, 0.717) is 17.8 Å². The summed E-state index contributed by atoms with van der Waals surface area (Å²) in [6, 6.07) is 12.3. The van der Waals surface area contributed by atoms with E-state index < -0.39 is 5.51 Å². The molecule has 7 heteroatoms. The summed E-state index contributed by atoms with van der Waals surface area (Å²) in [6.07, 6.45) is 0. The zero-order valence-corrected chi connectivity index (χ0v) is 12.2. The molecule has 0 saturated heterocycles. The first-order valence-corrected chi connectivity index (χ1v) is 7.13. The lowest BCUT2D eigenvalue weighted by atomic mass is 10.2. The van der Waals surface area contributed by atoms with Crippen LogP contribution in [0.3, 0.4) is 0 Å². The van der Waals surface area contributed by atoms with Crippen molar-refractivity contribution in [1.82, 2.24) is 5.32 Å². The normalized spacial score (nSPS) is 11.2. The number of nitrogens with one attached hydrogen (secondary N) is 1. The molecule has 0 aliphatic rings. The number of halogens is 3. The lowest BCUT2D eigenvalue weighted by Gasteiger charge is -2.08. The number of nitrogen functional groups attached to an aromatic ring is 1. The van der Waals surface area contributed by atoms with Gasteiger partial charge in [0.1, 0.15) is 0 Å². The molecule has 0 heterocycles. The standard InChI is InChI=1S/C15H13F3N2OS/c16-15(17,18)22-13-7-3-11(4-8-13)14(21)20-9-10-1-5-12(19)6-2-10/h1-8H,9,19H2,(H,20,21). The van der Waals surface area contributed by atoms with E-state index in [2.05, 4.69) is 5.32 Å². The highest BCUT2D eigenvalue weighted by molar-refractivity contribution is 8.00. The Morgan fingerprint density at radius 2 is 1.64 bits per heavy atom. The number of hydrogen-bond donors (Lipinski definition) is 2. The number of carbonyl (C=O) groups is 1. The molecule has 0 unspecified atom stereocenters. The van der Waals surface area contributed by atoms with Gasteiger partial charge in [-0.2, -0.15) is 13.2 Å². The second-order valence-electron chi connectivity index (χ2n) is 4.50. The maximum atomic E-state index is 12.2. The van der Waals surface area contributed by atoms with Crippen LogP contribution in [-0.4, -0.2) is 11.4 Å². The van der Waals surface area contributed by atoms with Gasteiger partial charge in [0.25, 0.3) is 5.91 Å². The van der Waals surface area contributed by atoms with Gasteiger partial charge >= 0.3 is 5.51 Å². The molecule has 0 aromatic heterocycles. The number of hydrogen-bond acceptors (Lipinski definition) is 3. The quantitative estimate of drug-likeness (QED) is 0.663. The van der Waals surface area contributed by atoms with E-state index in [1.54, 1.807) is 24.3 Å². The van der Waals surface area contributed by atoms with E-state index in [4.69, 9.17) is 5.73 Å². The molecule has 2 aromatic rings. The van der Waals surface area contributed by atoms with Crippen LogP contribution >= 0.6 is 11.8 Å². The third-order valence-corrected chi connectivity index (χ3v) is 3.52. The molecule has 22 heavy (non-hydrogen) atoms. The summed E-state index contributed by atoms with van der Waals surface area (Å²) in [6.45, 7) is 0.318. The number of rotatable bonds is 4. The van der Waals surface area contributed by atoms with Crippen LogP contribution in [0.25, 0.3) is 0 Å². The first kappa shape index (κ1) is 16.2. The first-order valence-electron chi connectivity index (χ1n) is 6.32. The van der Waals surface area contributed by atoms with Gasteiger partial charge in [-0.25, -0.2) is 0 Å². The Bertz CT molecular complexity index is 639. The summed E-state index contributed by atoms with van der Waals surface area (Å²) < 4.78 is 36.6. The van der Waals surface area contributed by atoms with Crippen LogP contribution in [0.5, 0.6) is 0 Å². The fourth-order valence-electron chi connectivity index (χ4n) is 1.73. The van der Waals surface area contributed by atoms with Crippen molar-refractivity contribution in [2.75, 3.05) is 5.73 Å². The molecule has 0 radical (unpaired) electrons. The monoisotopic (exact) mass is 326 g/mol. The topological polar surface area (TPSA) is 55.1 Å². The van der Waals surface area contributed by atoms with Crippen molar-refractivity contribution >= 4 is 23.4 Å². The summed E-state index contributed by atoms with van der Waals surface area (Å²) in [7, 11) is 0. The molecule has 0 saturated carbocycles. The number of alkyl halides is 3. The molecule has 0 aliphatic carbocycles. The van der Waals surface area contributed by atoms with E-state index in [1.165, 1.54) is 24.3 Å². The molecule has 2 rings (SSSR count). The minimum Gasteiger partial charge on any atom is -0.399 e. The van der Waals surface area contributed by atoms with Gasteiger partial charge in [0.2, 0.25) is 0 Å². The highest BCUT2D eigenvalue weighted by Crippen LogP contribution is 2.36. The summed E-state index contributed by atoms with van der Waals surface area (Å²) in [5.41, 5.74) is 3.05. The van der Waals surface area contributed by atoms with Crippen LogP contribution < -0.4 is 11.1 Å². The van der Waals surface area contributed by atoms with Gasteiger partial charge < -0.3 is 11.1 Å². The molecule has 0 atom stereocenters. The van der Waals surface area contributed by atoms with Gasteiger partial charge in [-0.15, -0.1) is 0 Å². The van der Waals surface area contributed by atoms with Crippen LogP contribution in [-0.2, 0) is 6.54 Å². The average molecular weight is 326 g/mol. The Balaban J connectivity index is 1.93. The number of thioether (sulfide) groups is 1. The second kappa shape index (κ2) is 6.74. The van der Waals surface area contributed by atoms with Crippen molar-refractivity contribution in [3.8, 4) is 0 Å². The van der Waals surface area contributed by atoms with Gasteiger partial charge in [-0.3, -0.25) is 4.79 Å². The van der Waals surface area contributed by atoms with Gasteiger partial charge in [-0.05, 0) is 53.7 Å². The number of benzene rings is 2. The maximum Gasteiger partial charge on any atom is 0.446 e. The number of anilines is 1. The van der Waals surface area contributed by atoms with Crippen LogP contribution in [0.15, 0.2) is 53.4 Å². The number of amides is 1. The minimum atomic E-state index is -4.33. The predicted molar refractivity (Wildman–Crippen MR) is 80.4 cm³/mol. The molecular formula is C15H13F3N2OS. The lowest BCUT2D eigenvalue weighted by molar-refractivity contribution is -0.0328. The molecular weight excluding hydrogens is 313 g/mol. The second-order valence-corrected chi connectivity index (χ2v) is 5.63. The third-order valence-electron chi connectivity index (χ3n) is 2.78. The van der Waals surface area contributed by atoms with E-state index >= 15 is 0 Å². The molecule has 1 amide bonds. The lowest BCUT2D eigenvalue weighted by Crippen LogP contribution is -2.22. The van der Waals surface area contributed by atoms with Crippen molar-refractivity contribution < 1.29 is 18.0 Å². The molecule has 0 fully saturated rings. The first-order chi connectivity index (χ1) is 10.3. The van der Waals surface area contributed by atoms with E-state index in [-0.39, 0.29) is 22.6 Å². The summed E-state index contributed by atoms with van der Waals surface area (Å²) in [4.78, 5) is 12.0. The van der Waals surface area contributed by atoms with Crippen LogP contribution in [0.2, 0.25) is 0 Å². The van der Waals surface area contributed by atoms with E-state index in [9.17, 15) is 18.0 Å². The van der Waals surface area contributed by atoms with Gasteiger partial charge in [-0.1, -0.05) is 12.1 Å². The molecule has 0 aliphatic heterocycles. The van der Waals surface area contributed by atoms with Gasteiger partial charge in [0, 0.05) is 22.7 Å². The minimum absolute atomic E-state index is 0.0441. The molecule has 116 valence electrons. The molecule has 0 spiro atoms. The third kappa shape index (κ3) is 5.00. The predicted octanol–water partition coefficient (Wildman–Crippen LogP) is 3.81. The van der Waals surface area contributed by atoms with Gasteiger partial charge in [0.15, 0.2) is 0 Å². The average Bonchev–Trinajstić information content (AvgIpc) is 2.45. The number of nitrogens with two attached hydrogens (primary N) is 1. The van der Waals surface area contributed by atoms with Crippen LogP contribution in [0.4, 0.5) is 18.9 Å². The largest absolute Gasteiger partial charge is 0.446 e. The van der Waals surface area contributed by atoms with Gasteiger partial charge in [0.05, 0.1) is 0 Å². The SMILES string of the molecule is Nc1ccc(CNC(=O)c2ccc(SC(F)(F)F)cc2)cc1. The molecule has 2 aromatic carbocycles. The molecule has 3 nitrogen and oxygen atoms in total. The summed E-state index contributed by atoms with van der Waals surface area (Å²) >= 11 is -0.211. The van der Waals surface area contributed by atoms with Crippen molar-refractivity contribution in [2.45, 2.75) is 16.9 Å². The fraction of sp³-hybridized carbons (Fsp3) is 0.133. The summed E-state index contributed by atoms with van der Waals surface area (Å²) in [5, 5.41) is 2.69. The van der Waals surface area contributed by atoms with Crippen LogP contribution in [0.1, 0.15) is 15.9 Å². The maximum absolute atomic E-state index is 12.2. The van der Waals surface area contributed by atoms with Crippen molar-refractivity contribution in [3.63, 3.8) is 0 Å². The summed E-state index contributed by atoms with van der Waals surface area (Å²) in [5.74, 6) is -0.347. The molecule has 3 N–H and O–H groups in total. The Hall–Kier alpha value is -2.15. The zero-order chi connectivity index (χ0) is 16.2. The van der Waals surface area contributed by atoms with Crippen molar-refractivity contribution in [3.05, 3.63) is 59.7 Å². The highest BCUT2D eigenvalue weighted by atomic mass is 32.2. The Morgan fingerprint density at radius 1 is 1.05 bits per heavy atom. The van der Waals surface area contributed by atoms with Crippen molar-refractivity contribution in [1.29, 1.82) is 0 Å². The fourth-order valence-corrected chi connectivity index (χ4v) is 2.27. The van der Waals surface area contributed by atoms with Crippen LogP contribution in [0, 0.1) is 0 Å². The molecule has 0 bridgehead atoms. The highest BCUT2D eigenvalue weighted by Gasteiger charge is 2.29.